The van der Waals surface area contributed by atoms with Crippen molar-refractivity contribution in [3.05, 3.63) is 57.3 Å². The third-order valence-corrected chi connectivity index (χ3v) is 3.40. The average molecular weight is 344 g/mol. The van der Waals surface area contributed by atoms with Crippen molar-refractivity contribution < 1.29 is 13.9 Å². The van der Waals surface area contributed by atoms with Gasteiger partial charge in [-0.15, -0.1) is 0 Å². The van der Waals surface area contributed by atoms with Gasteiger partial charge in [0.05, 0.1) is 9.50 Å². The molecule has 0 unspecified atom stereocenters. The Kier molecular flexibility index (Phi) is 4.22. The highest BCUT2D eigenvalue weighted by Gasteiger charge is 2.08. The summed E-state index contributed by atoms with van der Waals surface area (Å²) in [6, 6.07) is 9.12. The number of rotatable bonds is 3. The molecule has 0 amide bonds. The minimum Gasteiger partial charge on any atom is -0.456 e. The zero-order valence-electron chi connectivity index (χ0n) is 9.91. The van der Waals surface area contributed by atoms with Gasteiger partial charge in [0.25, 0.3) is 0 Å². The average Bonchev–Trinajstić information content (AvgIpc) is 2.36. The standard InChI is InChI=1S/C14H9BrClFO2/c1-8(18)9-2-5-14(12(16)6-9)19-10-3-4-11(15)13(17)7-10/h2-7H,1H3. The van der Waals surface area contributed by atoms with Gasteiger partial charge in [0.2, 0.25) is 0 Å². The fourth-order valence-corrected chi connectivity index (χ4v) is 1.94. The Morgan fingerprint density at radius 2 is 2.00 bits per heavy atom. The Hall–Kier alpha value is -1.39. The lowest BCUT2D eigenvalue weighted by atomic mass is 10.1. The molecule has 0 aliphatic rings. The lowest BCUT2D eigenvalue weighted by molar-refractivity contribution is 0.101. The summed E-state index contributed by atoms with van der Waals surface area (Å²) >= 11 is 9.07. The molecule has 2 aromatic carbocycles. The molecule has 2 nitrogen and oxygen atoms in total. The summed E-state index contributed by atoms with van der Waals surface area (Å²) in [5, 5.41) is 0.302. The fourth-order valence-electron chi connectivity index (χ4n) is 1.47. The van der Waals surface area contributed by atoms with Gasteiger partial charge in [-0.3, -0.25) is 4.79 Å². The van der Waals surface area contributed by atoms with E-state index in [0.717, 1.165) is 0 Å². The third-order valence-electron chi connectivity index (χ3n) is 2.46. The normalized spacial score (nSPS) is 10.3. The number of Topliss-reactive ketones (excluding diaryl/α,β-unsaturated/α-hetero) is 1. The lowest BCUT2D eigenvalue weighted by Gasteiger charge is -2.09. The molecular weight excluding hydrogens is 335 g/mol. The molecule has 19 heavy (non-hydrogen) atoms. The van der Waals surface area contributed by atoms with Gasteiger partial charge in [0.15, 0.2) is 5.78 Å². The number of ether oxygens (including phenoxy) is 1. The number of carbonyl (C=O) groups is 1. The van der Waals surface area contributed by atoms with Gasteiger partial charge < -0.3 is 4.74 Å². The predicted molar refractivity (Wildman–Crippen MR) is 75.6 cm³/mol. The molecule has 2 aromatic rings. The summed E-state index contributed by atoms with van der Waals surface area (Å²) in [7, 11) is 0. The maximum Gasteiger partial charge on any atom is 0.159 e. The molecule has 0 saturated carbocycles. The topological polar surface area (TPSA) is 26.3 Å². The zero-order chi connectivity index (χ0) is 14.0. The predicted octanol–water partition coefficient (Wildman–Crippen LogP) is 5.24. The second-order valence-corrected chi connectivity index (χ2v) is 5.14. The van der Waals surface area contributed by atoms with Crippen molar-refractivity contribution in [2.45, 2.75) is 6.92 Å². The molecule has 98 valence electrons. The van der Waals surface area contributed by atoms with Crippen LogP contribution < -0.4 is 4.74 Å². The van der Waals surface area contributed by atoms with E-state index < -0.39 is 5.82 Å². The number of halogens is 3. The smallest absolute Gasteiger partial charge is 0.159 e. The van der Waals surface area contributed by atoms with Crippen molar-refractivity contribution in [2.75, 3.05) is 0 Å². The van der Waals surface area contributed by atoms with E-state index in [0.29, 0.717) is 26.6 Å². The Bertz CT molecular complexity index is 643. The largest absolute Gasteiger partial charge is 0.456 e. The van der Waals surface area contributed by atoms with E-state index in [2.05, 4.69) is 15.9 Å². The molecule has 0 atom stereocenters. The first-order valence-electron chi connectivity index (χ1n) is 5.41. The highest BCUT2D eigenvalue weighted by atomic mass is 79.9. The zero-order valence-corrected chi connectivity index (χ0v) is 12.3. The fraction of sp³-hybridized carbons (Fsp3) is 0.0714. The first-order valence-corrected chi connectivity index (χ1v) is 6.58. The summed E-state index contributed by atoms with van der Waals surface area (Å²) in [4.78, 5) is 11.2. The second kappa shape index (κ2) is 5.72. The molecule has 0 aliphatic carbocycles. The third kappa shape index (κ3) is 3.33. The van der Waals surface area contributed by atoms with E-state index in [-0.39, 0.29) is 5.78 Å². The van der Waals surface area contributed by atoms with E-state index in [1.54, 1.807) is 24.3 Å². The minimum absolute atomic E-state index is 0.0804. The van der Waals surface area contributed by atoms with Gasteiger partial charge in [-0.2, -0.15) is 0 Å². The molecule has 0 fully saturated rings. The van der Waals surface area contributed by atoms with Gasteiger partial charge in [0, 0.05) is 11.6 Å². The highest BCUT2D eigenvalue weighted by Crippen LogP contribution is 2.31. The minimum atomic E-state index is -0.422. The summed E-state index contributed by atoms with van der Waals surface area (Å²) in [5.41, 5.74) is 0.499. The maximum absolute atomic E-state index is 13.3. The maximum atomic E-state index is 13.3. The van der Waals surface area contributed by atoms with E-state index >= 15 is 0 Å². The molecule has 0 heterocycles. The highest BCUT2D eigenvalue weighted by molar-refractivity contribution is 9.10. The molecule has 0 radical (unpaired) electrons. The van der Waals surface area contributed by atoms with Crippen LogP contribution in [0.25, 0.3) is 0 Å². The van der Waals surface area contributed by atoms with Gasteiger partial charge in [-0.05, 0) is 53.2 Å². The van der Waals surface area contributed by atoms with Crippen LogP contribution in [-0.2, 0) is 0 Å². The number of benzene rings is 2. The van der Waals surface area contributed by atoms with Crippen LogP contribution in [0.3, 0.4) is 0 Å². The lowest BCUT2D eigenvalue weighted by Crippen LogP contribution is -1.93. The molecule has 0 N–H and O–H groups in total. The van der Waals surface area contributed by atoms with Crippen LogP contribution >= 0.6 is 27.5 Å². The Balaban J connectivity index is 2.28. The number of ketones is 1. The number of hydrogen-bond acceptors (Lipinski definition) is 2. The first-order chi connectivity index (χ1) is 8.97. The number of hydrogen-bond donors (Lipinski definition) is 0. The summed E-state index contributed by atoms with van der Waals surface area (Å²) in [6.07, 6.45) is 0. The van der Waals surface area contributed by atoms with Crippen molar-refractivity contribution >= 4 is 33.3 Å². The second-order valence-electron chi connectivity index (χ2n) is 3.88. The SMILES string of the molecule is CC(=O)c1ccc(Oc2ccc(Br)c(F)c2)c(Cl)c1. The molecule has 0 aromatic heterocycles. The van der Waals surface area contributed by atoms with Gasteiger partial charge in [-0.1, -0.05) is 11.6 Å². The van der Waals surface area contributed by atoms with Crippen molar-refractivity contribution in [2.24, 2.45) is 0 Å². The molecular formula is C14H9BrClFO2. The van der Waals surface area contributed by atoms with Crippen LogP contribution in [-0.4, -0.2) is 5.78 Å². The molecule has 0 saturated heterocycles. The molecule has 0 spiro atoms. The van der Waals surface area contributed by atoms with Crippen LogP contribution in [0.5, 0.6) is 11.5 Å². The van der Waals surface area contributed by atoms with Gasteiger partial charge in [-0.25, -0.2) is 4.39 Å². The monoisotopic (exact) mass is 342 g/mol. The van der Waals surface area contributed by atoms with Crippen molar-refractivity contribution in [3.63, 3.8) is 0 Å². The summed E-state index contributed by atoms with van der Waals surface area (Å²) < 4.78 is 19.2. The molecule has 0 aliphatic heterocycles. The Morgan fingerprint density at radius 3 is 2.58 bits per heavy atom. The van der Waals surface area contributed by atoms with Crippen molar-refractivity contribution in [1.29, 1.82) is 0 Å². The number of carbonyl (C=O) groups excluding carboxylic acids is 1. The summed E-state index contributed by atoms with van der Waals surface area (Å²) in [6.45, 7) is 1.45. The first kappa shape index (κ1) is 14.0. The van der Waals surface area contributed by atoms with Crippen LogP contribution in [0.15, 0.2) is 40.9 Å². The van der Waals surface area contributed by atoms with Crippen molar-refractivity contribution in [3.8, 4) is 11.5 Å². The quantitative estimate of drug-likeness (QED) is 0.713. The van der Waals surface area contributed by atoms with E-state index in [9.17, 15) is 9.18 Å². The Labute approximate surface area is 123 Å². The Morgan fingerprint density at radius 1 is 1.26 bits per heavy atom. The van der Waals surface area contributed by atoms with Crippen LogP contribution in [0.1, 0.15) is 17.3 Å². The van der Waals surface area contributed by atoms with Crippen LogP contribution in [0.2, 0.25) is 5.02 Å². The van der Waals surface area contributed by atoms with Crippen LogP contribution in [0, 0.1) is 5.82 Å². The van der Waals surface area contributed by atoms with Gasteiger partial charge >= 0.3 is 0 Å². The van der Waals surface area contributed by atoms with E-state index in [1.807, 2.05) is 0 Å². The molecule has 0 bridgehead atoms. The molecule has 5 heteroatoms. The van der Waals surface area contributed by atoms with E-state index in [1.165, 1.54) is 19.1 Å². The summed E-state index contributed by atoms with van der Waals surface area (Å²) in [5.74, 6) is 0.198. The molecule has 2 rings (SSSR count). The van der Waals surface area contributed by atoms with Crippen LogP contribution in [0.4, 0.5) is 4.39 Å². The van der Waals surface area contributed by atoms with Crippen molar-refractivity contribution in [1.82, 2.24) is 0 Å². The van der Waals surface area contributed by atoms with Gasteiger partial charge in [0.1, 0.15) is 17.3 Å². The van der Waals surface area contributed by atoms with E-state index in [4.69, 9.17) is 16.3 Å².